The van der Waals surface area contributed by atoms with Gasteiger partial charge in [-0.05, 0) is 24.1 Å². The molecule has 0 radical (unpaired) electrons. The smallest absolute Gasteiger partial charge is 0.310 e. The van der Waals surface area contributed by atoms with Gasteiger partial charge in [0.15, 0.2) is 0 Å². The van der Waals surface area contributed by atoms with Gasteiger partial charge in [0.25, 0.3) is 0 Å². The van der Waals surface area contributed by atoms with E-state index in [1.807, 2.05) is 6.92 Å². The first-order chi connectivity index (χ1) is 9.26. The summed E-state index contributed by atoms with van der Waals surface area (Å²) in [6, 6.07) is 2.99. The number of hydrogen-bond donors (Lipinski definition) is 1. The van der Waals surface area contributed by atoms with Gasteiger partial charge in [-0.2, -0.15) is 0 Å². The Kier molecular flexibility index (Phi) is 5.74. The van der Waals surface area contributed by atoms with Crippen molar-refractivity contribution in [2.75, 3.05) is 6.61 Å². The Bertz CT molecular complexity index is 437. The van der Waals surface area contributed by atoms with Crippen LogP contribution >= 0.6 is 0 Å². The quantitative estimate of drug-likeness (QED) is 0.773. The topological polar surface area (TPSA) is 29.5 Å². The largest absolute Gasteiger partial charge is 0.493 e. The first-order valence-electron chi connectivity index (χ1n) is 6.03. The van der Waals surface area contributed by atoms with Crippen LogP contribution in [0.3, 0.4) is 0 Å². The van der Waals surface area contributed by atoms with Gasteiger partial charge in [0.2, 0.25) is 0 Å². The molecule has 1 aromatic rings. The molecule has 0 aliphatic heterocycles. The molecule has 0 fully saturated rings. The molecule has 0 aliphatic carbocycles. The lowest BCUT2D eigenvalue weighted by molar-refractivity contribution is -0.149. The molecular formula is C13H15F5O2. The molecule has 2 nitrogen and oxygen atoms in total. The van der Waals surface area contributed by atoms with Gasteiger partial charge in [-0.25, -0.2) is 22.0 Å². The number of aliphatic hydroxyl groups excluding tert-OH is 1. The Morgan fingerprint density at radius 1 is 1.25 bits per heavy atom. The lowest BCUT2D eigenvalue weighted by atomic mass is 10.0. The highest BCUT2D eigenvalue weighted by atomic mass is 19.3. The van der Waals surface area contributed by atoms with Crippen LogP contribution < -0.4 is 4.74 Å². The normalized spacial score (nSPS) is 13.6. The van der Waals surface area contributed by atoms with Crippen LogP contribution in [0.5, 0.6) is 5.75 Å². The lowest BCUT2D eigenvalue weighted by Crippen LogP contribution is -2.28. The standard InChI is InChI=1S/C13H15F5O2/c1-2-3-20-10-5-8(4-9(14)6-10)11(19)7-13(17,18)12(15)16/h4-6,11-12,19H,2-3,7H2,1H3. The fourth-order valence-corrected chi connectivity index (χ4v) is 1.54. The maximum Gasteiger partial charge on any atom is 0.310 e. The van der Waals surface area contributed by atoms with E-state index < -0.39 is 30.7 Å². The van der Waals surface area contributed by atoms with Gasteiger partial charge in [0, 0.05) is 12.5 Å². The number of aliphatic hydroxyl groups is 1. The Morgan fingerprint density at radius 2 is 1.90 bits per heavy atom. The van der Waals surface area contributed by atoms with Crippen LogP contribution in [0.25, 0.3) is 0 Å². The molecule has 0 heterocycles. The van der Waals surface area contributed by atoms with Gasteiger partial charge in [-0.15, -0.1) is 0 Å². The van der Waals surface area contributed by atoms with Gasteiger partial charge >= 0.3 is 12.3 Å². The molecular weight excluding hydrogens is 283 g/mol. The SMILES string of the molecule is CCCOc1cc(F)cc(C(O)CC(F)(F)C(F)F)c1. The molecule has 0 spiro atoms. The predicted molar refractivity (Wildman–Crippen MR) is 62.7 cm³/mol. The van der Waals surface area contributed by atoms with Crippen molar-refractivity contribution in [3.8, 4) is 5.75 Å². The summed E-state index contributed by atoms with van der Waals surface area (Å²) in [4.78, 5) is 0. The third-order valence-electron chi connectivity index (χ3n) is 2.54. The molecule has 20 heavy (non-hydrogen) atoms. The number of alkyl halides is 4. The third-order valence-corrected chi connectivity index (χ3v) is 2.54. The number of hydrogen-bond acceptors (Lipinski definition) is 2. The van der Waals surface area contributed by atoms with Crippen molar-refractivity contribution >= 4 is 0 Å². The molecule has 0 aliphatic rings. The van der Waals surface area contributed by atoms with Gasteiger partial charge in [-0.1, -0.05) is 6.92 Å². The summed E-state index contributed by atoms with van der Waals surface area (Å²) in [5.74, 6) is -5.08. The molecule has 1 aromatic carbocycles. The summed E-state index contributed by atoms with van der Waals surface area (Å²) in [5.41, 5.74) is -0.226. The van der Waals surface area contributed by atoms with Crippen molar-refractivity contribution in [2.24, 2.45) is 0 Å². The first kappa shape index (κ1) is 16.7. The van der Waals surface area contributed by atoms with Crippen molar-refractivity contribution in [3.63, 3.8) is 0 Å². The summed E-state index contributed by atoms with van der Waals surface area (Å²) < 4.78 is 68.2. The van der Waals surface area contributed by atoms with Crippen LogP contribution in [0, 0.1) is 5.82 Å². The average molecular weight is 298 g/mol. The van der Waals surface area contributed by atoms with Crippen LogP contribution in [0.1, 0.15) is 31.4 Å². The van der Waals surface area contributed by atoms with Gasteiger partial charge in [0.1, 0.15) is 11.6 Å². The van der Waals surface area contributed by atoms with Crippen molar-refractivity contribution in [1.29, 1.82) is 0 Å². The molecule has 1 atom stereocenters. The second kappa shape index (κ2) is 6.88. The van der Waals surface area contributed by atoms with Gasteiger partial charge in [-0.3, -0.25) is 0 Å². The second-order valence-corrected chi connectivity index (χ2v) is 4.35. The maximum absolute atomic E-state index is 13.3. The zero-order valence-electron chi connectivity index (χ0n) is 10.8. The minimum Gasteiger partial charge on any atom is -0.493 e. The van der Waals surface area contributed by atoms with E-state index in [1.165, 1.54) is 0 Å². The second-order valence-electron chi connectivity index (χ2n) is 4.35. The highest BCUT2D eigenvalue weighted by Gasteiger charge is 2.42. The van der Waals surface area contributed by atoms with Crippen LogP contribution in [0.2, 0.25) is 0 Å². The minimum absolute atomic E-state index is 0.0567. The molecule has 1 N–H and O–H groups in total. The average Bonchev–Trinajstić information content (AvgIpc) is 2.35. The molecule has 0 saturated heterocycles. The number of rotatable bonds is 7. The van der Waals surface area contributed by atoms with E-state index in [-0.39, 0.29) is 17.9 Å². The van der Waals surface area contributed by atoms with Crippen LogP contribution in [-0.4, -0.2) is 24.1 Å². The monoisotopic (exact) mass is 298 g/mol. The fourth-order valence-electron chi connectivity index (χ4n) is 1.54. The van der Waals surface area contributed by atoms with Crippen molar-refractivity contribution in [3.05, 3.63) is 29.6 Å². The lowest BCUT2D eigenvalue weighted by Gasteiger charge is -2.19. The summed E-state index contributed by atoms with van der Waals surface area (Å²) >= 11 is 0. The summed E-state index contributed by atoms with van der Waals surface area (Å²) in [6.45, 7) is 2.10. The van der Waals surface area contributed by atoms with E-state index >= 15 is 0 Å². The summed E-state index contributed by atoms with van der Waals surface area (Å²) in [6.07, 6.45) is -6.63. The van der Waals surface area contributed by atoms with E-state index in [0.717, 1.165) is 18.2 Å². The molecule has 0 aromatic heterocycles. The highest BCUT2D eigenvalue weighted by molar-refractivity contribution is 5.31. The molecule has 0 amide bonds. The Labute approximate surface area is 113 Å². The van der Waals surface area contributed by atoms with Crippen LogP contribution in [0.15, 0.2) is 18.2 Å². The predicted octanol–water partition coefficient (Wildman–Crippen LogP) is 3.94. The van der Waals surface area contributed by atoms with Crippen LogP contribution in [-0.2, 0) is 0 Å². The van der Waals surface area contributed by atoms with Gasteiger partial charge in [0.05, 0.1) is 12.7 Å². The Morgan fingerprint density at radius 3 is 2.45 bits per heavy atom. The van der Waals surface area contributed by atoms with Crippen LogP contribution in [0.4, 0.5) is 22.0 Å². The Balaban J connectivity index is 2.87. The molecule has 114 valence electrons. The summed E-state index contributed by atoms with van der Waals surface area (Å²) in [5, 5.41) is 9.54. The van der Waals surface area contributed by atoms with E-state index in [2.05, 4.69) is 0 Å². The number of ether oxygens (including phenoxy) is 1. The molecule has 7 heteroatoms. The first-order valence-corrected chi connectivity index (χ1v) is 6.03. The van der Waals surface area contributed by atoms with E-state index in [1.54, 1.807) is 0 Å². The van der Waals surface area contributed by atoms with Crippen molar-refractivity contribution in [2.45, 2.75) is 38.2 Å². The molecule has 1 rings (SSSR count). The molecule has 0 saturated carbocycles. The maximum atomic E-state index is 13.3. The summed E-state index contributed by atoms with van der Waals surface area (Å²) in [7, 11) is 0. The third kappa shape index (κ3) is 4.63. The highest BCUT2D eigenvalue weighted by Crippen LogP contribution is 2.34. The van der Waals surface area contributed by atoms with E-state index in [9.17, 15) is 27.1 Å². The zero-order chi connectivity index (χ0) is 15.3. The number of halogens is 5. The van der Waals surface area contributed by atoms with E-state index in [4.69, 9.17) is 4.74 Å². The molecule has 0 bridgehead atoms. The number of benzene rings is 1. The van der Waals surface area contributed by atoms with Crippen molar-refractivity contribution in [1.82, 2.24) is 0 Å². The molecule has 1 unspecified atom stereocenters. The van der Waals surface area contributed by atoms with Crippen molar-refractivity contribution < 1.29 is 31.8 Å². The fraction of sp³-hybridized carbons (Fsp3) is 0.538. The Hall–Kier alpha value is -1.37. The van der Waals surface area contributed by atoms with E-state index in [0.29, 0.717) is 6.42 Å². The zero-order valence-corrected chi connectivity index (χ0v) is 10.8. The minimum atomic E-state index is -4.34. The van der Waals surface area contributed by atoms with Gasteiger partial charge < -0.3 is 9.84 Å².